The van der Waals surface area contributed by atoms with E-state index < -0.39 is 6.04 Å². The SMILES string of the molecule is CCOC(=O)C(N)CCN1CCN(C)C(CC)C1. The van der Waals surface area contributed by atoms with Crippen LogP contribution in [0.5, 0.6) is 0 Å². The van der Waals surface area contributed by atoms with Crippen LogP contribution in [0.2, 0.25) is 0 Å². The molecule has 5 heteroatoms. The van der Waals surface area contributed by atoms with Crippen LogP contribution in [0.1, 0.15) is 26.7 Å². The van der Waals surface area contributed by atoms with Crippen LogP contribution in [0, 0.1) is 0 Å². The zero-order valence-electron chi connectivity index (χ0n) is 11.9. The van der Waals surface area contributed by atoms with E-state index in [1.54, 1.807) is 6.92 Å². The van der Waals surface area contributed by atoms with Crippen LogP contribution in [0.25, 0.3) is 0 Å². The molecule has 1 rings (SSSR count). The van der Waals surface area contributed by atoms with Gasteiger partial charge in [-0.25, -0.2) is 0 Å². The molecule has 0 amide bonds. The summed E-state index contributed by atoms with van der Waals surface area (Å²) in [6.45, 7) is 8.52. The smallest absolute Gasteiger partial charge is 0.322 e. The zero-order chi connectivity index (χ0) is 13.5. The number of rotatable bonds is 6. The van der Waals surface area contributed by atoms with Gasteiger partial charge in [-0.3, -0.25) is 4.79 Å². The Balaban J connectivity index is 2.29. The van der Waals surface area contributed by atoms with E-state index in [1.807, 2.05) is 0 Å². The van der Waals surface area contributed by atoms with Crippen molar-refractivity contribution in [2.75, 3.05) is 39.8 Å². The first-order valence-electron chi connectivity index (χ1n) is 6.93. The molecular weight excluding hydrogens is 230 g/mol. The van der Waals surface area contributed by atoms with Crippen molar-refractivity contribution in [3.63, 3.8) is 0 Å². The molecule has 1 aliphatic rings. The molecule has 0 saturated carbocycles. The zero-order valence-corrected chi connectivity index (χ0v) is 11.9. The number of likely N-dealkylation sites (N-methyl/N-ethyl adjacent to an activating group) is 1. The highest BCUT2D eigenvalue weighted by Gasteiger charge is 2.23. The maximum Gasteiger partial charge on any atom is 0.322 e. The molecule has 0 aromatic rings. The molecule has 2 unspecified atom stereocenters. The third-order valence-corrected chi connectivity index (χ3v) is 3.68. The number of hydrogen-bond acceptors (Lipinski definition) is 5. The maximum atomic E-state index is 11.4. The second kappa shape index (κ2) is 7.71. The molecule has 0 spiro atoms. The number of piperazine rings is 1. The minimum Gasteiger partial charge on any atom is -0.465 e. The van der Waals surface area contributed by atoms with Crippen LogP contribution in [0.4, 0.5) is 0 Å². The Morgan fingerprint density at radius 3 is 2.78 bits per heavy atom. The quantitative estimate of drug-likeness (QED) is 0.693. The van der Waals surface area contributed by atoms with E-state index >= 15 is 0 Å². The summed E-state index contributed by atoms with van der Waals surface area (Å²) in [6, 6.07) is 0.141. The van der Waals surface area contributed by atoms with Crippen LogP contribution in [-0.2, 0) is 9.53 Å². The monoisotopic (exact) mass is 257 g/mol. The van der Waals surface area contributed by atoms with E-state index in [-0.39, 0.29) is 5.97 Å². The summed E-state index contributed by atoms with van der Waals surface area (Å²) >= 11 is 0. The molecule has 2 atom stereocenters. The molecule has 2 N–H and O–H groups in total. The largest absolute Gasteiger partial charge is 0.465 e. The first-order valence-corrected chi connectivity index (χ1v) is 6.93. The van der Waals surface area contributed by atoms with Crippen molar-refractivity contribution in [1.29, 1.82) is 0 Å². The summed E-state index contributed by atoms with van der Waals surface area (Å²) in [5.41, 5.74) is 5.80. The number of carbonyl (C=O) groups excluding carboxylic acids is 1. The normalized spacial score (nSPS) is 23.9. The van der Waals surface area contributed by atoms with E-state index in [4.69, 9.17) is 10.5 Å². The number of carbonyl (C=O) groups is 1. The standard InChI is InChI=1S/C13H27N3O2/c1-4-11-10-16(9-8-15(11)3)7-6-12(14)13(17)18-5-2/h11-12H,4-10,14H2,1-3H3. The summed E-state index contributed by atoms with van der Waals surface area (Å²) in [7, 11) is 2.18. The van der Waals surface area contributed by atoms with Gasteiger partial charge in [0, 0.05) is 32.2 Å². The first-order chi connectivity index (χ1) is 8.58. The summed E-state index contributed by atoms with van der Waals surface area (Å²) < 4.78 is 4.91. The van der Waals surface area contributed by atoms with Gasteiger partial charge in [0.25, 0.3) is 0 Å². The summed E-state index contributed by atoms with van der Waals surface area (Å²) in [5, 5.41) is 0. The Morgan fingerprint density at radius 2 is 2.17 bits per heavy atom. The van der Waals surface area contributed by atoms with E-state index in [0.717, 1.165) is 32.6 Å². The van der Waals surface area contributed by atoms with Crippen molar-refractivity contribution in [2.24, 2.45) is 5.73 Å². The number of hydrogen-bond donors (Lipinski definition) is 1. The third kappa shape index (κ3) is 4.55. The van der Waals surface area contributed by atoms with Gasteiger partial charge in [0.05, 0.1) is 6.61 Å². The second-order valence-electron chi connectivity index (χ2n) is 4.99. The van der Waals surface area contributed by atoms with Crippen LogP contribution >= 0.6 is 0 Å². The fourth-order valence-electron chi connectivity index (χ4n) is 2.34. The van der Waals surface area contributed by atoms with Crippen molar-refractivity contribution in [1.82, 2.24) is 9.80 Å². The van der Waals surface area contributed by atoms with Crippen LogP contribution in [0.15, 0.2) is 0 Å². The maximum absolute atomic E-state index is 11.4. The molecule has 1 saturated heterocycles. The topological polar surface area (TPSA) is 58.8 Å². The molecule has 106 valence electrons. The lowest BCUT2D eigenvalue weighted by Crippen LogP contribution is -2.52. The van der Waals surface area contributed by atoms with E-state index in [2.05, 4.69) is 23.8 Å². The molecule has 5 nitrogen and oxygen atoms in total. The van der Waals surface area contributed by atoms with Crippen molar-refractivity contribution in [3.05, 3.63) is 0 Å². The van der Waals surface area contributed by atoms with Gasteiger partial charge in [0.1, 0.15) is 6.04 Å². The summed E-state index contributed by atoms with van der Waals surface area (Å²) in [4.78, 5) is 16.2. The van der Waals surface area contributed by atoms with Crippen LogP contribution < -0.4 is 5.73 Å². The van der Waals surface area contributed by atoms with Gasteiger partial charge < -0.3 is 20.3 Å². The van der Waals surface area contributed by atoms with Gasteiger partial charge in [-0.1, -0.05) is 6.92 Å². The molecular formula is C13H27N3O2. The number of ether oxygens (including phenoxy) is 1. The number of esters is 1. The van der Waals surface area contributed by atoms with Gasteiger partial charge in [-0.15, -0.1) is 0 Å². The number of nitrogens with zero attached hydrogens (tertiary/aromatic N) is 2. The van der Waals surface area contributed by atoms with Gasteiger partial charge in [-0.2, -0.15) is 0 Å². The molecule has 0 radical (unpaired) electrons. The van der Waals surface area contributed by atoms with Gasteiger partial charge in [-0.05, 0) is 26.8 Å². The summed E-state index contributed by atoms with van der Waals surface area (Å²) in [6.07, 6.45) is 1.84. The highest BCUT2D eigenvalue weighted by molar-refractivity contribution is 5.75. The molecule has 18 heavy (non-hydrogen) atoms. The lowest BCUT2D eigenvalue weighted by molar-refractivity contribution is -0.144. The molecule has 0 bridgehead atoms. The number of nitrogens with two attached hydrogens (primary N) is 1. The Hall–Kier alpha value is -0.650. The minimum atomic E-state index is -0.482. The molecule has 0 aromatic carbocycles. The molecule has 0 aromatic heterocycles. The lowest BCUT2D eigenvalue weighted by Gasteiger charge is -2.39. The van der Waals surface area contributed by atoms with Crippen LogP contribution in [0.3, 0.4) is 0 Å². The average Bonchev–Trinajstić information content (AvgIpc) is 2.37. The van der Waals surface area contributed by atoms with E-state index in [9.17, 15) is 4.79 Å². The van der Waals surface area contributed by atoms with Gasteiger partial charge in [0.2, 0.25) is 0 Å². The van der Waals surface area contributed by atoms with Crippen LogP contribution in [-0.4, -0.2) is 67.7 Å². The average molecular weight is 257 g/mol. The Labute approximate surface area is 110 Å². The Kier molecular flexibility index (Phi) is 6.60. The molecule has 0 aliphatic carbocycles. The Bertz CT molecular complexity index is 261. The van der Waals surface area contributed by atoms with Crippen molar-refractivity contribution < 1.29 is 9.53 Å². The predicted molar refractivity (Wildman–Crippen MR) is 72.4 cm³/mol. The predicted octanol–water partition coefficient (Wildman–Crippen LogP) is 0.293. The van der Waals surface area contributed by atoms with Crippen molar-refractivity contribution >= 4 is 5.97 Å². The van der Waals surface area contributed by atoms with Crippen molar-refractivity contribution in [3.8, 4) is 0 Å². The third-order valence-electron chi connectivity index (χ3n) is 3.68. The first kappa shape index (κ1) is 15.4. The lowest BCUT2D eigenvalue weighted by atomic mass is 10.1. The molecule has 1 heterocycles. The Morgan fingerprint density at radius 1 is 1.44 bits per heavy atom. The molecule has 1 fully saturated rings. The van der Waals surface area contributed by atoms with E-state index in [1.165, 1.54) is 0 Å². The van der Waals surface area contributed by atoms with Crippen molar-refractivity contribution in [2.45, 2.75) is 38.8 Å². The highest BCUT2D eigenvalue weighted by atomic mass is 16.5. The second-order valence-corrected chi connectivity index (χ2v) is 4.99. The minimum absolute atomic E-state index is 0.279. The molecule has 1 aliphatic heterocycles. The fourth-order valence-corrected chi connectivity index (χ4v) is 2.34. The van der Waals surface area contributed by atoms with Gasteiger partial charge in [0.15, 0.2) is 0 Å². The fraction of sp³-hybridized carbons (Fsp3) is 0.923. The highest BCUT2D eigenvalue weighted by Crippen LogP contribution is 2.11. The van der Waals surface area contributed by atoms with E-state index in [0.29, 0.717) is 19.1 Å². The summed E-state index contributed by atoms with van der Waals surface area (Å²) in [5.74, 6) is -0.279. The van der Waals surface area contributed by atoms with Gasteiger partial charge >= 0.3 is 5.97 Å².